The minimum absolute atomic E-state index is 0. The van der Waals surface area contributed by atoms with E-state index in [1.165, 1.54) is 6.26 Å². The lowest BCUT2D eigenvalue weighted by Crippen LogP contribution is -2.57. The fourth-order valence-corrected chi connectivity index (χ4v) is 5.13. The van der Waals surface area contributed by atoms with Gasteiger partial charge in [0.1, 0.15) is 0 Å². The average molecular weight is 353 g/mol. The van der Waals surface area contributed by atoms with Gasteiger partial charge in [-0.25, -0.2) is 8.42 Å². The van der Waals surface area contributed by atoms with Crippen LogP contribution >= 0.6 is 12.4 Å². The maximum Gasteiger partial charge on any atom is 0.244 e. The third kappa shape index (κ3) is 3.95. The first-order chi connectivity index (χ1) is 9.76. The number of hydrogen-bond acceptors (Lipinski definition) is 4. The van der Waals surface area contributed by atoms with Crippen molar-refractivity contribution in [2.45, 2.75) is 44.3 Å². The van der Waals surface area contributed by atoms with E-state index in [1.807, 2.05) is 0 Å². The highest BCUT2D eigenvalue weighted by Crippen LogP contribution is 2.33. The van der Waals surface area contributed by atoms with Gasteiger partial charge >= 0.3 is 0 Å². The smallest absolute Gasteiger partial charge is 0.244 e. The molecule has 1 unspecified atom stereocenters. The largest absolute Gasteiger partial charge is 0.341 e. The van der Waals surface area contributed by atoms with Crippen molar-refractivity contribution in [2.24, 2.45) is 11.8 Å². The Hall–Kier alpha value is -0.330. The predicted octanol–water partition coefficient (Wildman–Crippen LogP) is 1.47. The van der Waals surface area contributed by atoms with Crippen molar-refractivity contribution in [3.05, 3.63) is 0 Å². The summed E-state index contributed by atoms with van der Waals surface area (Å²) in [7, 11) is -3.40. The van der Waals surface area contributed by atoms with E-state index < -0.39 is 14.6 Å². The third-order valence-corrected chi connectivity index (χ3v) is 6.89. The number of nitrogens with zero attached hydrogens (tertiary/aromatic N) is 1. The van der Waals surface area contributed by atoms with Crippen molar-refractivity contribution in [2.75, 3.05) is 32.4 Å². The Labute approximate surface area is 140 Å². The highest BCUT2D eigenvalue weighted by molar-refractivity contribution is 7.92. The summed E-state index contributed by atoms with van der Waals surface area (Å²) in [5.74, 6) is 0.984. The van der Waals surface area contributed by atoms with Crippen molar-refractivity contribution < 1.29 is 13.2 Å². The van der Waals surface area contributed by atoms with Crippen molar-refractivity contribution in [3.8, 4) is 0 Å². The topological polar surface area (TPSA) is 66.5 Å². The number of likely N-dealkylation sites (tertiary alicyclic amines) is 1. The Bertz CT molecular complexity index is 487. The van der Waals surface area contributed by atoms with Crippen LogP contribution in [0.2, 0.25) is 0 Å². The zero-order valence-electron chi connectivity index (χ0n) is 13.8. The second-order valence-electron chi connectivity index (χ2n) is 7.05. The Morgan fingerprint density at radius 2 is 1.91 bits per heavy atom. The van der Waals surface area contributed by atoms with Crippen LogP contribution in [0.1, 0.15) is 39.5 Å². The van der Waals surface area contributed by atoms with Gasteiger partial charge in [-0.15, -0.1) is 12.4 Å². The number of sulfone groups is 1. The molecule has 2 fully saturated rings. The van der Waals surface area contributed by atoms with Gasteiger partial charge < -0.3 is 10.2 Å². The van der Waals surface area contributed by atoms with Gasteiger partial charge in [-0.1, -0.05) is 13.8 Å². The number of rotatable bonds is 4. The second-order valence-corrected chi connectivity index (χ2v) is 9.38. The SMILES string of the molecule is CC(C)CC1CCN(C(=O)C2(S(C)(=O)=O)CCNCC2)C1.Cl. The van der Waals surface area contributed by atoms with E-state index in [0.717, 1.165) is 19.4 Å². The highest BCUT2D eigenvalue weighted by atomic mass is 35.5. The molecule has 0 bridgehead atoms. The molecule has 22 heavy (non-hydrogen) atoms. The average Bonchev–Trinajstić information content (AvgIpc) is 2.85. The van der Waals surface area contributed by atoms with Gasteiger partial charge in [0.05, 0.1) is 0 Å². The molecule has 0 aromatic heterocycles. The van der Waals surface area contributed by atoms with Crippen LogP contribution in [0.15, 0.2) is 0 Å². The van der Waals surface area contributed by atoms with Gasteiger partial charge in [0.25, 0.3) is 0 Å². The Morgan fingerprint density at radius 1 is 1.32 bits per heavy atom. The summed E-state index contributed by atoms with van der Waals surface area (Å²) in [4.78, 5) is 14.7. The lowest BCUT2D eigenvalue weighted by molar-refractivity contribution is -0.133. The number of piperidine rings is 1. The third-order valence-electron chi connectivity index (χ3n) is 4.89. The molecule has 2 heterocycles. The van der Waals surface area contributed by atoms with Crippen LogP contribution in [0.5, 0.6) is 0 Å². The molecule has 7 heteroatoms. The van der Waals surface area contributed by atoms with Gasteiger partial charge in [0, 0.05) is 19.3 Å². The summed E-state index contributed by atoms with van der Waals surface area (Å²) < 4.78 is 23.4. The maximum atomic E-state index is 12.9. The summed E-state index contributed by atoms with van der Waals surface area (Å²) >= 11 is 0. The summed E-state index contributed by atoms with van der Waals surface area (Å²) in [5, 5.41) is 3.16. The zero-order valence-corrected chi connectivity index (χ0v) is 15.4. The second kappa shape index (κ2) is 7.49. The van der Waals surface area contributed by atoms with E-state index in [-0.39, 0.29) is 18.3 Å². The first-order valence-electron chi connectivity index (χ1n) is 7.96. The van der Waals surface area contributed by atoms with Crippen LogP contribution in [0.4, 0.5) is 0 Å². The molecule has 2 rings (SSSR count). The van der Waals surface area contributed by atoms with E-state index in [9.17, 15) is 13.2 Å². The molecular weight excluding hydrogens is 324 g/mol. The maximum absolute atomic E-state index is 12.9. The zero-order chi connectivity index (χ0) is 15.7. The first kappa shape index (κ1) is 19.7. The van der Waals surface area contributed by atoms with Crippen LogP contribution < -0.4 is 5.32 Å². The van der Waals surface area contributed by atoms with Gasteiger partial charge in [-0.3, -0.25) is 4.79 Å². The molecule has 0 radical (unpaired) electrons. The van der Waals surface area contributed by atoms with E-state index in [2.05, 4.69) is 19.2 Å². The van der Waals surface area contributed by atoms with Gasteiger partial charge in [-0.05, 0) is 50.6 Å². The number of halogens is 1. The quantitative estimate of drug-likeness (QED) is 0.832. The van der Waals surface area contributed by atoms with Gasteiger partial charge in [0.15, 0.2) is 14.6 Å². The molecule has 0 spiro atoms. The van der Waals surface area contributed by atoms with Crippen LogP contribution in [-0.4, -0.2) is 56.4 Å². The van der Waals surface area contributed by atoms with E-state index in [1.54, 1.807) is 4.90 Å². The van der Waals surface area contributed by atoms with Crippen LogP contribution in [0.25, 0.3) is 0 Å². The lowest BCUT2D eigenvalue weighted by Gasteiger charge is -2.37. The summed E-state index contributed by atoms with van der Waals surface area (Å²) in [5.41, 5.74) is 0. The normalized spacial score (nSPS) is 25.1. The summed E-state index contributed by atoms with van der Waals surface area (Å²) in [6, 6.07) is 0. The molecule has 1 atom stereocenters. The molecule has 130 valence electrons. The predicted molar refractivity (Wildman–Crippen MR) is 91.1 cm³/mol. The minimum atomic E-state index is -3.40. The van der Waals surface area contributed by atoms with Crippen molar-refractivity contribution in [3.63, 3.8) is 0 Å². The molecule has 2 saturated heterocycles. The minimum Gasteiger partial charge on any atom is -0.341 e. The Balaban J connectivity index is 0.00000242. The van der Waals surface area contributed by atoms with Gasteiger partial charge in [-0.2, -0.15) is 0 Å². The summed E-state index contributed by atoms with van der Waals surface area (Å²) in [6.45, 7) is 7.01. The van der Waals surface area contributed by atoms with Crippen molar-refractivity contribution in [1.82, 2.24) is 10.2 Å². The molecule has 2 aliphatic rings. The molecule has 0 aromatic rings. The van der Waals surface area contributed by atoms with Crippen LogP contribution in [-0.2, 0) is 14.6 Å². The Morgan fingerprint density at radius 3 is 2.41 bits per heavy atom. The lowest BCUT2D eigenvalue weighted by atomic mass is 9.94. The van der Waals surface area contributed by atoms with E-state index in [4.69, 9.17) is 0 Å². The van der Waals surface area contributed by atoms with Crippen LogP contribution in [0, 0.1) is 11.8 Å². The molecule has 0 aliphatic carbocycles. The summed E-state index contributed by atoms with van der Waals surface area (Å²) in [6.07, 6.45) is 4.13. The van der Waals surface area contributed by atoms with E-state index >= 15 is 0 Å². The highest BCUT2D eigenvalue weighted by Gasteiger charge is 2.51. The van der Waals surface area contributed by atoms with Crippen LogP contribution in [0.3, 0.4) is 0 Å². The molecular formula is C15H29ClN2O3S. The molecule has 0 saturated carbocycles. The van der Waals surface area contributed by atoms with Gasteiger partial charge in [0.2, 0.25) is 5.91 Å². The molecule has 5 nitrogen and oxygen atoms in total. The number of nitrogens with one attached hydrogen (secondary N) is 1. The first-order valence-corrected chi connectivity index (χ1v) is 9.85. The molecule has 1 amide bonds. The molecule has 2 aliphatic heterocycles. The standard InChI is InChI=1S/C15H28N2O3S.ClH/c1-12(2)10-13-4-9-17(11-13)14(18)15(21(3,19)20)5-7-16-8-6-15;/h12-13,16H,4-11H2,1-3H3;1H. The van der Waals surface area contributed by atoms with Crippen molar-refractivity contribution in [1.29, 1.82) is 0 Å². The number of amides is 1. The number of carbonyl (C=O) groups is 1. The number of hydrogen-bond donors (Lipinski definition) is 1. The number of carbonyl (C=O) groups excluding carboxylic acids is 1. The fraction of sp³-hybridized carbons (Fsp3) is 0.933. The van der Waals surface area contributed by atoms with Crippen molar-refractivity contribution >= 4 is 28.2 Å². The van der Waals surface area contributed by atoms with E-state index in [0.29, 0.717) is 44.3 Å². The monoisotopic (exact) mass is 352 g/mol. The fourth-order valence-electron chi connectivity index (χ4n) is 3.74. The Kier molecular flexibility index (Phi) is 6.72. The molecule has 1 N–H and O–H groups in total. The molecule has 0 aromatic carbocycles.